The van der Waals surface area contributed by atoms with E-state index in [-0.39, 0.29) is 18.2 Å². The van der Waals surface area contributed by atoms with Crippen LogP contribution in [-0.4, -0.2) is 17.5 Å². The molecule has 1 aliphatic rings. The van der Waals surface area contributed by atoms with Crippen molar-refractivity contribution in [3.63, 3.8) is 0 Å². The molecular weight excluding hydrogens is 366 g/mol. The molecule has 1 aliphatic heterocycles. The monoisotopic (exact) mass is 385 g/mol. The molecule has 0 unspecified atom stereocenters. The fourth-order valence-electron chi connectivity index (χ4n) is 3.26. The van der Waals surface area contributed by atoms with Gasteiger partial charge in [0.2, 0.25) is 5.52 Å². The first-order chi connectivity index (χ1) is 12.1. The predicted molar refractivity (Wildman–Crippen MR) is 103 cm³/mol. The molecule has 0 radical (unpaired) electrons. The number of halogens is 1. The fraction of sp³-hybridized carbons (Fsp3) is 0.200. The van der Waals surface area contributed by atoms with Crippen molar-refractivity contribution in [2.45, 2.75) is 13.3 Å². The molecule has 0 saturated carbocycles. The van der Waals surface area contributed by atoms with Gasteiger partial charge in [-0.1, -0.05) is 42.5 Å². The number of anilines is 1. The van der Waals surface area contributed by atoms with Crippen LogP contribution in [0.1, 0.15) is 17.5 Å². The predicted octanol–water partition coefficient (Wildman–Crippen LogP) is 1.06. The van der Waals surface area contributed by atoms with E-state index in [0.717, 1.165) is 27.3 Å². The first-order valence-corrected chi connectivity index (χ1v) is 9.17. The number of aliphatic hydroxyl groups excluding tert-OH is 1. The van der Waals surface area contributed by atoms with Crippen molar-refractivity contribution < 1.29 is 22.1 Å². The largest absolute Gasteiger partial charge is 1.00 e. The highest BCUT2D eigenvalue weighted by atomic mass is 35.5. The maximum absolute atomic E-state index is 10.6. The number of amidine groups is 1. The Hall–Kier alpha value is -2.37. The number of hydrogen-bond acceptors (Lipinski definition) is 3. The van der Waals surface area contributed by atoms with E-state index in [4.69, 9.17) is 5.41 Å². The van der Waals surface area contributed by atoms with Gasteiger partial charge in [-0.05, 0) is 30.2 Å². The van der Waals surface area contributed by atoms with E-state index in [1.807, 2.05) is 36.2 Å². The van der Waals surface area contributed by atoms with Gasteiger partial charge in [0.15, 0.2) is 0 Å². The van der Waals surface area contributed by atoms with Gasteiger partial charge in [-0.2, -0.15) is 4.57 Å². The highest BCUT2D eigenvalue weighted by Gasteiger charge is 2.35. The van der Waals surface area contributed by atoms with E-state index < -0.39 is 0 Å². The van der Waals surface area contributed by atoms with E-state index in [2.05, 4.69) is 35.8 Å². The van der Waals surface area contributed by atoms with Crippen LogP contribution < -0.4 is 21.9 Å². The summed E-state index contributed by atoms with van der Waals surface area (Å²) in [5.41, 5.74) is 3.94. The summed E-state index contributed by atoms with van der Waals surface area (Å²) in [5.74, 6) is 0.607. The first-order valence-electron chi connectivity index (χ1n) is 8.35. The Morgan fingerprint density at radius 3 is 2.50 bits per heavy atom. The summed E-state index contributed by atoms with van der Waals surface area (Å²) in [4.78, 5) is 1.86. The van der Waals surface area contributed by atoms with Crippen molar-refractivity contribution in [2.24, 2.45) is 7.05 Å². The Kier molecular flexibility index (Phi) is 5.03. The molecule has 2 aromatic carbocycles. The average Bonchev–Trinajstić information content (AvgIpc) is 3.12. The number of nitrogens with one attached hydrogen (secondary N) is 1. The minimum absolute atomic E-state index is 0. The SMILES string of the molecule is CCc1ccc(N2CC(O)=C(c3sc4ccccc4[n+]3C)C2=N)cc1.[Cl-]. The number of aryl methyl sites for hydroxylation is 2. The standard InChI is InChI=1S/C20H19N3OS.ClH/c1-3-13-8-10-14(11-9-13)23-12-16(24)18(19(23)21)20-22(2)15-6-4-5-7-17(15)25-20;/h4-11,21H,3,12H2,1-2H3;1H. The molecule has 26 heavy (non-hydrogen) atoms. The summed E-state index contributed by atoms with van der Waals surface area (Å²) in [6.07, 6.45) is 0.990. The van der Waals surface area contributed by atoms with E-state index in [9.17, 15) is 5.11 Å². The second-order valence-electron chi connectivity index (χ2n) is 6.21. The molecule has 1 aromatic heterocycles. The van der Waals surface area contributed by atoms with Gasteiger partial charge >= 0.3 is 0 Å². The number of thiazole rings is 1. The number of aliphatic hydroxyl groups is 1. The van der Waals surface area contributed by atoms with Crippen molar-refractivity contribution in [1.82, 2.24) is 0 Å². The number of aromatic nitrogens is 1. The lowest BCUT2D eigenvalue weighted by Crippen LogP contribution is -3.00. The molecule has 2 N–H and O–H groups in total. The number of fused-ring (bicyclic) bond motifs is 1. The van der Waals surface area contributed by atoms with Crippen LogP contribution in [0.4, 0.5) is 5.69 Å². The third-order valence-corrected chi connectivity index (χ3v) is 5.95. The van der Waals surface area contributed by atoms with Crippen molar-refractivity contribution in [2.75, 3.05) is 11.4 Å². The van der Waals surface area contributed by atoms with Gasteiger partial charge in [0, 0.05) is 11.8 Å². The van der Waals surface area contributed by atoms with Crippen molar-refractivity contribution in [3.05, 3.63) is 64.9 Å². The quantitative estimate of drug-likeness (QED) is 0.662. The Morgan fingerprint density at radius 2 is 1.85 bits per heavy atom. The first kappa shape index (κ1) is 18.4. The van der Waals surface area contributed by atoms with Crippen LogP contribution in [-0.2, 0) is 13.5 Å². The van der Waals surface area contributed by atoms with Crippen molar-refractivity contribution in [3.8, 4) is 0 Å². The van der Waals surface area contributed by atoms with Crippen LogP contribution in [0.25, 0.3) is 15.8 Å². The lowest BCUT2D eigenvalue weighted by Gasteiger charge is -2.18. The summed E-state index contributed by atoms with van der Waals surface area (Å²) >= 11 is 1.61. The molecule has 0 amide bonds. The highest BCUT2D eigenvalue weighted by molar-refractivity contribution is 7.19. The average molecular weight is 386 g/mol. The zero-order chi connectivity index (χ0) is 17.6. The molecule has 0 fully saturated rings. The second-order valence-corrected chi connectivity index (χ2v) is 7.24. The van der Waals surface area contributed by atoms with Crippen molar-refractivity contribution in [1.29, 1.82) is 5.41 Å². The smallest absolute Gasteiger partial charge is 0.277 e. The van der Waals surface area contributed by atoms with Gasteiger partial charge in [-0.15, -0.1) is 0 Å². The summed E-state index contributed by atoms with van der Waals surface area (Å²) in [5, 5.41) is 20.1. The Morgan fingerprint density at radius 1 is 1.15 bits per heavy atom. The molecule has 0 aliphatic carbocycles. The Balaban J connectivity index is 0.00000196. The van der Waals surface area contributed by atoms with Crippen molar-refractivity contribution >= 4 is 38.6 Å². The third kappa shape index (κ3) is 2.87. The molecule has 0 bridgehead atoms. The zero-order valence-corrected chi connectivity index (χ0v) is 16.2. The van der Waals surface area contributed by atoms with E-state index >= 15 is 0 Å². The van der Waals surface area contributed by atoms with Gasteiger partial charge in [-0.25, -0.2) is 0 Å². The number of rotatable bonds is 3. The lowest BCUT2D eigenvalue weighted by atomic mass is 10.1. The molecule has 0 saturated heterocycles. The summed E-state index contributed by atoms with van der Waals surface area (Å²) in [6, 6.07) is 16.4. The van der Waals surface area contributed by atoms with Crippen LogP contribution in [0.15, 0.2) is 54.3 Å². The minimum Gasteiger partial charge on any atom is -1.00 e. The van der Waals surface area contributed by atoms with E-state index in [1.54, 1.807) is 11.3 Å². The van der Waals surface area contributed by atoms with Crippen LogP contribution >= 0.6 is 11.3 Å². The maximum Gasteiger partial charge on any atom is 0.277 e. The van der Waals surface area contributed by atoms with Crippen LogP contribution in [0, 0.1) is 5.41 Å². The highest BCUT2D eigenvalue weighted by Crippen LogP contribution is 2.34. The van der Waals surface area contributed by atoms with Gasteiger partial charge < -0.3 is 22.4 Å². The van der Waals surface area contributed by atoms with Gasteiger partial charge in [0.1, 0.15) is 28.9 Å². The molecule has 4 rings (SSSR count). The van der Waals surface area contributed by atoms with Crippen LogP contribution in [0.3, 0.4) is 0 Å². The lowest BCUT2D eigenvalue weighted by molar-refractivity contribution is -0.642. The minimum atomic E-state index is 0. The summed E-state index contributed by atoms with van der Waals surface area (Å²) in [6.45, 7) is 2.47. The van der Waals surface area contributed by atoms with Gasteiger partial charge in [-0.3, -0.25) is 5.41 Å². The number of benzene rings is 2. The molecule has 0 atom stereocenters. The van der Waals surface area contributed by atoms with Crippen LogP contribution in [0.5, 0.6) is 0 Å². The summed E-state index contributed by atoms with van der Waals surface area (Å²) < 4.78 is 3.21. The molecule has 6 heteroatoms. The normalized spacial score (nSPS) is 14.2. The van der Waals surface area contributed by atoms with E-state index in [1.165, 1.54) is 5.56 Å². The molecule has 2 heterocycles. The summed E-state index contributed by atoms with van der Waals surface area (Å²) in [7, 11) is 1.99. The molecular formula is C20H20ClN3OS. The van der Waals surface area contributed by atoms with Gasteiger partial charge in [0.25, 0.3) is 5.01 Å². The zero-order valence-electron chi connectivity index (χ0n) is 14.7. The Labute approximate surface area is 162 Å². The topological polar surface area (TPSA) is 51.2 Å². The molecule has 3 aromatic rings. The molecule has 134 valence electrons. The maximum atomic E-state index is 10.6. The fourth-order valence-corrected chi connectivity index (χ4v) is 4.47. The number of hydrogen-bond donors (Lipinski definition) is 2. The van der Waals surface area contributed by atoms with E-state index in [0.29, 0.717) is 18.0 Å². The van der Waals surface area contributed by atoms with Crippen LogP contribution in [0.2, 0.25) is 0 Å². The molecule has 4 nitrogen and oxygen atoms in total. The number of para-hydroxylation sites is 1. The molecule has 0 spiro atoms. The third-order valence-electron chi connectivity index (χ3n) is 4.71. The second kappa shape index (κ2) is 7.09. The number of nitrogens with zero attached hydrogens (tertiary/aromatic N) is 2. The van der Waals surface area contributed by atoms with Gasteiger partial charge in [0.05, 0.1) is 6.54 Å². The Bertz CT molecular complexity index is 1010.